The molecule has 3 rings (SSSR count). The van der Waals surface area contributed by atoms with Gasteiger partial charge in [0.1, 0.15) is 0 Å². The van der Waals surface area contributed by atoms with Gasteiger partial charge in [-0.3, -0.25) is 9.48 Å². The van der Waals surface area contributed by atoms with Crippen LogP contribution < -0.4 is 10.2 Å². The predicted molar refractivity (Wildman–Crippen MR) is 73.8 cm³/mol. The molecule has 4 atom stereocenters. The fourth-order valence-corrected chi connectivity index (χ4v) is 3.17. The number of carbonyl (C=O) groups is 1. The Bertz CT molecular complexity index is 510. The van der Waals surface area contributed by atoms with Crippen LogP contribution in [-0.2, 0) is 17.9 Å². The molecule has 1 N–H and O–H groups in total. The van der Waals surface area contributed by atoms with Gasteiger partial charge in [-0.05, 0) is 19.8 Å². The van der Waals surface area contributed by atoms with Gasteiger partial charge in [0, 0.05) is 24.5 Å². The Morgan fingerprint density at radius 1 is 1.32 bits per heavy atom. The number of anilines is 1. The first kappa shape index (κ1) is 12.7. The maximum Gasteiger partial charge on any atom is 0.230 e. The first-order valence-corrected chi connectivity index (χ1v) is 7.12. The minimum Gasteiger partial charge on any atom is -0.307 e. The highest BCUT2D eigenvalue weighted by atomic mass is 16.2. The van der Waals surface area contributed by atoms with E-state index in [4.69, 9.17) is 0 Å². The first-order valence-electron chi connectivity index (χ1n) is 7.12. The van der Waals surface area contributed by atoms with Crippen molar-refractivity contribution in [2.45, 2.75) is 52.9 Å². The Morgan fingerprint density at radius 3 is 2.68 bits per heavy atom. The smallest absolute Gasteiger partial charge is 0.230 e. The summed E-state index contributed by atoms with van der Waals surface area (Å²) < 4.78 is 2.03. The Kier molecular flexibility index (Phi) is 2.89. The van der Waals surface area contributed by atoms with Crippen molar-refractivity contribution in [2.75, 3.05) is 4.90 Å². The Hall–Kier alpha value is -1.36. The number of nitrogens with zero attached hydrogens (tertiary/aromatic N) is 3. The molecule has 104 valence electrons. The fourth-order valence-electron chi connectivity index (χ4n) is 3.17. The zero-order chi connectivity index (χ0) is 13.7. The van der Waals surface area contributed by atoms with E-state index in [0.717, 1.165) is 24.5 Å². The van der Waals surface area contributed by atoms with Crippen molar-refractivity contribution in [3.05, 3.63) is 11.9 Å². The molecule has 0 saturated carbocycles. The van der Waals surface area contributed by atoms with Gasteiger partial charge in [-0.1, -0.05) is 13.8 Å². The van der Waals surface area contributed by atoms with Crippen LogP contribution in [0.5, 0.6) is 0 Å². The average Bonchev–Trinajstić information content (AvgIpc) is 2.86. The summed E-state index contributed by atoms with van der Waals surface area (Å²) in [6.07, 6.45) is 1.86. The third-order valence-corrected chi connectivity index (χ3v) is 4.83. The summed E-state index contributed by atoms with van der Waals surface area (Å²) in [7, 11) is 0. The number of hydrogen-bond acceptors (Lipinski definition) is 3. The SMILES string of the molecule is C[C@H]1[C@H](C)C(=O)N(c2cnn3c2CN[C@@H](C)C3)[C@@H]1C. The molecule has 0 radical (unpaired) electrons. The van der Waals surface area contributed by atoms with Gasteiger partial charge in [-0.2, -0.15) is 5.10 Å². The zero-order valence-corrected chi connectivity index (χ0v) is 12.1. The van der Waals surface area contributed by atoms with Crippen LogP contribution in [0.3, 0.4) is 0 Å². The molecule has 1 fully saturated rings. The number of fused-ring (bicyclic) bond motifs is 1. The van der Waals surface area contributed by atoms with E-state index < -0.39 is 0 Å². The van der Waals surface area contributed by atoms with E-state index in [0.29, 0.717) is 12.0 Å². The van der Waals surface area contributed by atoms with Gasteiger partial charge in [-0.25, -0.2) is 0 Å². The second kappa shape index (κ2) is 4.34. The van der Waals surface area contributed by atoms with Crippen molar-refractivity contribution in [3.8, 4) is 0 Å². The van der Waals surface area contributed by atoms with E-state index in [1.165, 1.54) is 0 Å². The third-order valence-electron chi connectivity index (χ3n) is 4.83. The molecule has 3 heterocycles. The van der Waals surface area contributed by atoms with Crippen molar-refractivity contribution in [1.29, 1.82) is 0 Å². The highest BCUT2D eigenvalue weighted by molar-refractivity contribution is 5.98. The van der Waals surface area contributed by atoms with Crippen LogP contribution in [0.1, 0.15) is 33.4 Å². The zero-order valence-electron chi connectivity index (χ0n) is 12.1. The minimum atomic E-state index is 0.0982. The molecule has 2 aliphatic heterocycles. The van der Waals surface area contributed by atoms with Gasteiger partial charge in [0.2, 0.25) is 5.91 Å². The van der Waals surface area contributed by atoms with Crippen LogP contribution in [0.4, 0.5) is 5.69 Å². The highest BCUT2D eigenvalue weighted by Crippen LogP contribution is 2.36. The van der Waals surface area contributed by atoms with Crippen LogP contribution >= 0.6 is 0 Å². The second-order valence-corrected chi connectivity index (χ2v) is 6.04. The molecule has 0 aliphatic carbocycles. The number of hydrogen-bond donors (Lipinski definition) is 1. The van der Waals surface area contributed by atoms with E-state index in [9.17, 15) is 4.79 Å². The molecule has 19 heavy (non-hydrogen) atoms. The van der Waals surface area contributed by atoms with Gasteiger partial charge in [-0.15, -0.1) is 0 Å². The molecule has 0 bridgehead atoms. The largest absolute Gasteiger partial charge is 0.307 e. The summed E-state index contributed by atoms with van der Waals surface area (Å²) in [5.74, 6) is 0.717. The highest BCUT2D eigenvalue weighted by Gasteiger charge is 2.42. The first-order chi connectivity index (χ1) is 9.00. The normalized spacial score (nSPS) is 34.7. The number of nitrogens with one attached hydrogen (secondary N) is 1. The van der Waals surface area contributed by atoms with E-state index >= 15 is 0 Å². The standard InChI is InChI=1S/C14H22N4O/c1-8-7-17-12(5-15-8)13(6-16-17)18-11(4)9(2)10(3)14(18)19/h6,8-11,15H,5,7H2,1-4H3/t8-,9-,10-,11+/m0/s1. The van der Waals surface area contributed by atoms with Gasteiger partial charge in [0.25, 0.3) is 0 Å². The van der Waals surface area contributed by atoms with Crippen LogP contribution in [0.15, 0.2) is 6.20 Å². The molecule has 0 aromatic carbocycles. The lowest BCUT2D eigenvalue weighted by Crippen LogP contribution is -2.39. The monoisotopic (exact) mass is 262 g/mol. The summed E-state index contributed by atoms with van der Waals surface area (Å²) in [6, 6.07) is 0.681. The summed E-state index contributed by atoms with van der Waals surface area (Å²) in [5.41, 5.74) is 2.13. The lowest BCUT2D eigenvalue weighted by atomic mass is 9.95. The Morgan fingerprint density at radius 2 is 2.05 bits per heavy atom. The van der Waals surface area contributed by atoms with Crippen molar-refractivity contribution < 1.29 is 4.79 Å². The number of aromatic nitrogens is 2. The number of amides is 1. The number of carbonyl (C=O) groups excluding carboxylic acids is 1. The van der Waals surface area contributed by atoms with E-state index in [-0.39, 0.29) is 17.9 Å². The molecule has 1 aromatic rings. The van der Waals surface area contributed by atoms with Gasteiger partial charge < -0.3 is 10.2 Å². The molecular weight excluding hydrogens is 240 g/mol. The van der Waals surface area contributed by atoms with Gasteiger partial charge >= 0.3 is 0 Å². The Balaban J connectivity index is 1.98. The quantitative estimate of drug-likeness (QED) is 0.832. The van der Waals surface area contributed by atoms with Crippen LogP contribution in [-0.4, -0.2) is 27.8 Å². The predicted octanol–water partition coefficient (Wildman–Crippen LogP) is 1.38. The lowest BCUT2D eigenvalue weighted by Gasteiger charge is -2.27. The third kappa shape index (κ3) is 1.79. The van der Waals surface area contributed by atoms with Crippen molar-refractivity contribution in [3.63, 3.8) is 0 Å². The maximum absolute atomic E-state index is 12.4. The minimum absolute atomic E-state index is 0.0982. The number of rotatable bonds is 1. The van der Waals surface area contributed by atoms with Crippen LogP contribution in [0, 0.1) is 11.8 Å². The van der Waals surface area contributed by atoms with Crippen molar-refractivity contribution in [2.24, 2.45) is 11.8 Å². The van der Waals surface area contributed by atoms with Gasteiger partial charge in [0.15, 0.2) is 0 Å². The maximum atomic E-state index is 12.4. The molecule has 1 aromatic heterocycles. The molecule has 1 amide bonds. The van der Waals surface area contributed by atoms with E-state index in [1.54, 1.807) is 0 Å². The molecule has 0 unspecified atom stereocenters. The molecule has 1 saturated heterocycles. The summed E-state index contributed by atoms with van der Waals surface area (Å²) in [5, 5.41) is 7.89. The topological polar surface area (TPSA) is 50.2 Å². The van der Waals surface area contributed by atoms with Crippen LogP contribution in [0.25, 0.3) is 0 Å². The summed E-state index contributed by atoms with van der Waals surface area (Å²) in [6.45, 7) is 10.1. The summed E-state index contributed by atoms with van der Waals surface area (Å²) >= 11 is 0. The fraction of sp³-hybridized carbons (Fsp3) is 0.714. The molecular formula is C14H22N4O. The molecule has 2 aliphatic rings. The van der Waals surface area contributed by atoms with E-state index in [2.05, 4.69) is 31.2 Å². The summed E-state index contributed by atoms with van der Waals surface area (Å²) in [4.78, 5) is 14.4. The average molecular weight is 262 g/mol. The van der Waals surface area contributed by atoms with Crippen molar-refractivity contribution in [1.82, 2.24) is 15.1 Å². The Labute approximate surface area is 114 Å². The van der Waals surface area contributed by atoms with Crippen molar-refractivity contribution >= 4 is 11.6 Å². The molecule has 5 nitrogen and oxygen atoms in total. The molecule has 5 heteroatoms. The molecule has 0 spiro atoms. The van der Waals surface area contributed by atoms with E-state index in [1.807, 2.05) is 22.7 Å². The second-order valence-electron chi connectivity index (χ2n) is 6.04. The lowest BCUT2D eigenvalue weighted by molar-refractivity contribution is -0.120. The van der Waals surface area contributed by atoms with Gasteiger partial charge in [0.05, 0.1) is 24.1 Å². The van der Waals surface area contributed by atoms with Crippen LogP contribution in [0.2, 0.25) is 0 Å².